The monoisotopic (exact) mass is 1300 g/mol. The fourth-order valence-corrected chi connectivity index (χ4v) is 14.0. The molecule has 9 rings (SSSR count). The zero-order chi connectivity index (χ0) is 64.8. The van der Waals surface area contributed by atoms with Crippen molar-refractivity contribution in [3.63, 3.8) is 0 Å². The number of amides is 5. The van der Waals surface area contributed by atoms with E-state index in [4.69, 9.17) is 52.0 Å². The van der Waals surface area contributed by atoms with Crippen LogP contribution in [0, 0.1) is 18.7 Å². The number of anilines is 3. The average Bonchev–Trinajstić information content (AvgIpc) is 1.55. The molecule has 5 aromatic rings. The molecule has 0 radical (unpaired) electrons. The van der Waals surface area contributed by atoms with Gasteiger partial charge in [0.1, 0.15) is 57.8 Å². The number of ether oxygens (including phenoxy) is 4. The summed E-state index contributed by atoms with van der Waals surface area (Å²) >= 11 is 6.84. The van der Waals surface area contributed by atoms with Crippen LogP contribution in [0.3, 0.4) is 0 Å². The van der Waals surface area contributed by atoms with E-state index in [0.717, 1.165) is 35.2 Å². The van der Waals surface area contributed by atoms with Gasteiger partial charge in [0.05, 0.1) is 47.6 Å². The number of methoxy groups -OCH3 is 1. The Labute approximate surface area is 535 Å². The van der Waals surface area contributed by atoms with Gasteiger partial charge in [0.25, 0.3) is 0 Å². The van der Waals surface area contributed by atoms with Gasteiger partial charge < -0.3 is 65.8 Å². The highest BCUT2D eigenvalue weighted by molar-refractivity contribution is 8.76. The molecule has 4 aliphatic rings. The highest BCUT2D eigenvalue weighted by Crippen LogP contribution is 2.50. The maximum Gasteiger partial charge on any atom is 0.409 e. The van der Waals surface area contributed by atoms with Crippen molar-refractivity contribution in [3.05, 3.63) is 106 Å². The van der Waals surface area contributed by atoms with E-state index in [1.165, 1.54) is 64.6 Å². The first-order valence-electron chi connectivity index (χ1n) is 30.0. The second kappa shape index (κ2) is 28.8. The molecule has 9 N–H and O–H groups in total. The number of esters is 1. The van der Waals surface area contributed by atoms with E-state index in [0.29, 0.717) is 87.4 Å². The topological polar surface area (TPSA) is 302 Å². The van der Waals surface area contributed by atoms with Crippen LogP contribution in [0.5, 0.6) is 5.75 Å². The minimum absolute atomic E-state index is 0.0258. The minimum atomic E-state index is -1.63. The van der Waals surface area contributed by atoms with E-state index in [9.17, 15) is 33.9 Å². The lowest BCUT2D eigenvalue weighted by molar-refractivity contribution is -0.161. The number of aromatic nitrogens is 3. The van der Waals surface area contributed by atoms with Crippen molar-refractivity contribution in [2.45, 2.75) is 128 Å². The molecule has 22 nitrogen and oxygen atoms in total. The van der Waals surface area contributed by atoms with E-state index in [-0.39, 0.29) is 73.9 Å². The number of imidazole rings is 1. The third-order valence-electron chi connectivity index (χ3n) is 17.0. The maximum absolute atomic E-state index is 15.0. The fourth-order valence-electron chi connectivity index (χ4n) is 11.7. The number of H-pyrrole nitrogens is 1. The Balaban J connectivity index is 0.796. The highest BCUT2D eigenvalue weighted by Gasteiger charge is 2.64. The summed E-state index contributed by atoms with van der Waals surface area (Å²) < 4.78 is 38.9. The first-order chi connectivity index (χ1) is 42.8. The third-order valence-corrected chi connectivity index (χ3v) is 19.8. The highest BCUT2D eigenvalue weighted by atomic mass is 35.5. The summed E-state index contributed by atoms with van der Waals surface area (Å²) in [5.74, 6) is -1.14. The smallest absolute Gasteiger partial charge is 0.409 e. The van der Waals surface area contributed by atoms with E-state index in [1.807, 2.05) is 32.9 Å². The number of nitrogens with two attached hydrogens (primary N) is 2. The quantitative estimate of drug-likeness (QED) is 0.0177. The third kappa shape index (κ3) is 15.8. The van der Waals surface area contributed by atoms with Gasteiger partial charge in [-0.1, -0.05) is 70.0 Å². The van der Waals surface area contributed by atoms with Crippen LogP contribution in [-0.2, 0) is 39.8 Å². The standard InChI is InChI=1S/C64H79ClFN11O11S2/c1-35-11-9-10-18-64(84)33-49(86-62(83)74-64)37(3)57-63(5,88-57)50(32-53(80)76(7)47-28-39(25-35)29-48(85-8)55(47)65)87-61(82)38(4)75(6)52(79)17-24-90-89-23-16-51(78)69-19-20-70-59-54(60-72-45-13-12-40(58(68)81)31-46(45)73-60)56(77-21-14-43(67)15-22-77)44(34-71-59)41-26-36(2)27-42(66)30-41/h9-13,26-31,34,37-38,43,49-50,57,84H,14-25,32-33,67H2,1-8H3,(H2,68,81)(H,69,78)(H,70,71)(H,72,73)(H,74,83)/b10-9+,35-11+/t37?,38?,49?,50-,57?,63?,64+/m0/s1. The number of hydrogen-bond acceptors (Lipinski definition) is 18. The second-order valence-corrected chi connectivity index (χ2v) is 26.9. The zero-order valence-corrected chi connectivity index (χ0v) is 54.2. The van der Waals surface area contributed by atoms with Crippen LogP contribution >= 0.6 is 33.2 Å². The number of epoxide rings is 1. The first kappa shape index (κ1) is 67.0. The van der Waals surface area contributed by atoms with E-state index < -0.39 is 65.5 Å². The molecule has 3 saturated heterocycles. The molecule has 90 heavy (non-hydrogen) atoms. The Bertz CT molecular complexity index is 3580. The molecule has 3 fully saturated rings. The fraction of sp³-hybridized carbons (Fsp3) is 0.469. The Morgan fingerprint density at radius 2 is 1.80 bits per heavy atom. The maximum atomic E-state index is 15.0. The number of aryl methyl sites for hydroxylation is 1. The predicted octanol–water partition coefficient (Wildman–Crippen LogP) is 8.36. The van der Waals surface area contributed by atoms with Crippen molar-refractivity contribution >= 4 is 97.1 Å². The Morgan fingerprint density at radius 1 is 1.06 bits per heavy atom. The van der Waals surface area contributed by atoms with E-state index in [2.05, 4.69) is 25.8 Å². The molecule has 2 aromatic heterocycles. The Hall–Kier alpha value is -7.42. The number of allylic oxidation sites excluding steroid dienone is 3. The first-order valence-corrected chi connectivity index (χ1v) is 32.9. The molecule has 0 saturated carbocycles. The SMILES string of the molecule is COc1cc2cc(c1Cl)N(C)C(=O)C[C@H](OC(=O)C(C)N(C)C(=O)CCSSCCC(=O)NCCNc1ncc(-c3cc(C)cc(F)c3)c(N3CCC(N)CC3)c1-c1nc3ccc(C(N)=O)cc3[nH]1)C1(C)OC1C(C)C1C[C@](O)(C/C=C/C=C(\C)C2)NC(=O)O1. The van der Waals surface area contributed by atoms with E-state index in [1.54, 1.807) is 62.7 Å². The number of aliphatic hydroxyl groups is 1. The van der Waals surface area contributed by atoms with E-state index >= 15 is 4.39 Å². The molecule has 5 amide bonds. The van der Waals surface area contributed by atoms with Crippen LogP contribution in [-0.4, -0.2) is 161 Å². The largest absolute Gasteiger partial charge is 0.495 e. The van der Waals surface area contributed by atoms with Crippen LogP contribution in [0.1, 0.15) is 94.1 Å². The zero-order valence-electron chi connectivity index (χ0n) is 51.8. The normalized spacial score (nSPS) is 23.5. The van der Waals surface area contributed by atoms with Crippen molar-refractivity contribution in [2.24, 2.45) is 17.4 Å². The van der Waals surface area contributed by atoms with Gasteiger partial charge in [0, 0.05) is 107 Å². The van der Waals surface area contributed by atoms with Crippen molar-refractivity contribution < 1.29 is 57.2 Å². The van der Waals surface area contributed by atoms with Crippen molar-refractivity contribution in [3.8, 4) is 28.3 Å². The number of rotatable bonds is 19. The van der Waals surface area contributed by atoms with Crippen LogP contribution < -0.4 is 42.0 Å². The summed E-state index contributed by atoms with van der Waals surface area (Å²) in [4.78, 5) is 98.4. The van der Waals surface area contributed by atoms with Gasteiger partial charge in [-0.2, -0.15) is 0 Å². The molecule has 26 heteroatoms. The van der Waals surface area contributed by atoms with Gasteiger partial charge in [-0.15, -0.1) is 0 Å². The molecule has 0 aliphatic carbocycles. The summed E-state index contributed by atoms with van der Waals surface area (Å²) in [5, 5.41) is 20.7. The predicted molar refractivity (Wildman–Crippen MR) is 348 cm³/mol. The Kier molecular flexibility index (Phi) is 21.4. The number of pyridine rings is 1. The molecule has 4 aliphatic heterocycles. The number of nitrogens with zero attached hydrogens (tertiary/aromatic N) is 5. The number of likely N-dealkylation sites (N-methyl/N-ethyl adjacent to an activating group) is 1. The van der Waals surface area contributed by atoms with Gasteiger partial charge in [-0.05, 0) is 106 Å². The summed E-state index contributed by atoms with van der Waals surface area (Å²) in [7, 11) is 7.40. The second-order valence-electron chi connectivity index (χ2n) is 23.8. The lowest BCUT2D eigenvalue weighted by Crippen LogP contribution is -2.57. The number of aromatic amines is 1. The van der Waals surface area contributed by atoms with Gasteiger partial charge in [0.15, 0.2) is 0 Å². The molecule has 3 aromatic carbocycles. The molecule has 6 heterocycles. The molecule has 7 atom stereocenters. The number of piperidine rings is 1. The van der Waals surface area contributed by atoms with Crippen molar-refractivity contribution in [1.29, 1.82) is 0 Å². The summed E-state index contributed by atoms with van der Waals surface area (Å²) in [6.07, 6.45) is 5.66. The Morgan fingerprint density at radius 3 is 2.52 bits per heavy atom. The molecular weight excluding hydrogens is 1220 g/mol. The number of nitrogens with one attached hydrogen (secondary N) is 4. The van der Waals surface area contributed by atoms with Gasteiger partial charge in [-0.25, -0.2) is 23.9 Å². The summed E-state index contributed by atoms with van der Waals surface area (Å²) in [6, 6.07) is 12.4. The lowest BCUT2D eigenvalue weighted by atomic mass is 9.84. The van der Waals surface area contributed by atoms with Crippen LogP contribution in [0.25, 0.3) is 33.5 Å². The van der Waals surface area contributed by atoms with Gasteiger partial charge in [-0.3, -0.25) is 24.5 Å². The number of carbonyl (C=O) groups is 6. The molecule has 4 bridgehead atoms. The molecule has 0 spiro atoms. The van der Waals surface area contributed by atoms with Crippen LogP contribution in [0.2, 0.25) is 5.02 Å². The van der Waals surface area contributed by atoms with Gasteiger partial charge >= 0.3 is 12.1 Å². The molecule has 5 unspecified atom stereocenters. The average molecular weight is 1300 g/mol. The number of fused-ring (bicyclic) bond motifs is 6. The number of carbonyl (C=O) groups excluding carboxylic acids is 6. The summed E-state index contributed by atoms with van der Waals surface area (Å²) in [6.45, 7) is 10.6. The number of alkyl carbamates (subject to hydrolysis) is 1. The number of halogens is 2. The number of primary amides is 1. The molecular formula is C64H79ClFN11O11S2. The van der Waals surface area contributed by atoms with Gasteiger partial charge in [0.2, 0.25) is 23.6 Å². The van der Waals surface area contributed by atoms with Crippen LogP contribution in [0.4, 0.5) is 26.4 Å². The van der Waals surface area contributed by atoms with Crippen molar-refractivity contribution in [2.75, 3.05) is 74.0 Å². The summed E-state index contributed by atoms with van der Waals surface area (Å²) in [5.41, 5.74) is 16.2. The number of hydrogen-bond donors (Lipinski definition) is 7. The minimum Gasteiger partial charge on any atom is -0.495 e. The molecule has 482 valence electrons. The van der Waals surface area contributed by atoms with Crippen LogP contribution in [0.15, 0.2) is 78.5 Å². The number of benzene rings is 3. The van der Waals surface area contributed by atoms with Crippen molar-refractivity contribution in [1.82, 2.24) is 30.5 Å². The lowest BCUT2D eigenvalue weighted by Gasteiger charge is -2.39.